The van der Waals surface area contributed by atoms with Gasteiger partial charge in [0.25, 0.3) is 0 Å². The molecule has 1 spiro atoms. The number of amides is 2. The average molecular weight is 505 g/mol. The van der Waals surface area contributed by atoms with E-state index in [9.17, 15) is 19.5 Å². The summed E-state index contributed by atoms with van der Waals surface area (Å²) >= 11 is 0. The number of carbonyl (C=O) groups is 3. The predicted molar refractivity (Wildman–Crippen MR) is 137 cm³/mol. The Bertz CT molecular complexity index is 831. The summed E-state index contributed by atoms with van der Waals surface area (Å²) in [7, 11) is 0. The van der Waals surface area contributed by atoms with Crippen molar-refractivity contribution in [3.63, 3.8) is 0 Å². The van der Waals surface area contributed by atoms with Crippen LogP contribution in [0.3, 0.4) is 0 Å². The van der Waals surface area contributed by atoms with E-state index in [1.54, 1.807) is 15.9 Å². The van der Waals surface area contributed by atoms with E-state index >= 15 is 0 Å². The fraction of sp³-hybridized carbons (Fsp3) is 0.750. The summed E-state index contributed by atoms with van der Waals surface area (Å²) in [5.74, 6) is -2.29. The van der Waals surface area contributed by atoms with Crippen LogP contribution in [0.1, 0.15) is 71.6 Å². The van der Waals surface area contributed by atoms with Gasteiger partial charge in [-0.3, -0.25) is 14.4 Å². The first-order valence-corrected chi connectivity index (χ1v) is 13.7. The highest BCUT2D eigenvalue weighted by atomic mass is 16.6. The number of nitrogens with zero attached hydrogens (tertiary/aromatic N) is 2. The van der Waals surface area contributed by atoms with E-state index in [0.717, 1.165) is 32.1 Å². The first kappa shape index (κ1) is 28.4. The number of ether oxygens (including phenoxy) is 2. The summed E-state index contributed by atoms with van der Waals surface area (Å²) in [6.45, 7) is 13.0. The topological polar surface area (TPSA) is 96.4 Å². The van der Waals surface area contributed by atoms with Gasteiger partial charge in [-0.2, -0.15) is 0 Å². The fourth-order valence-corrected chi connectivity index (χ4v) is 6.46. The van der Waals surface area contributed by atoms with Gasteiger partial charge in [0.2, 0.25) is 11.8 Å². The third-order valence-corrected chi connectivity index (χ3v) is 8.22. The number of aliphatic hydroxyl groups is 1. The second-order valence-electron chi connectivity index (χ2n) is 10.3. The van der Waals surface area contributed by atoms with Crippen LogP contribution in [-0.2, 0) is 23.9 Å². The summed E-state index contributed by atoms with van der Waals surface area (Å²) in [5.41, 5.74) is -1.86. The molecule has 0 aromatic rings. The van der Waals surface area contributed by atoms with Crippen LogP contribution >= 0.6 is 0 Å². The molecule has 3 heterocycles. The maximum atomic E-state index is 14.0. The van der Waals surface area contributed by atoms with Crippen molar-refractivity contribution in [2.45, 2.75) is 88.9 Å². The van der Waals surface area contributed by atoms with Crippen LogP contribution in [0.4, 0.5) is 0 Å². The van der Waals surface area contributed by atoms with E-state index in [1.165, 1.54) is 0 Å². The summed E-state index contributed by atoms with van der Waals surface area (Å²) in [6, 6.07) is -0.822. The standard InChI is InChI=1S/C28H44N2O6/c1-5-9-11-12-20-35-26(34)22-21-24(32)30(18-13-19-31)23(25(33)29(16-7-3)17-10-6-2)28(21)15-14-27(22,8-4)36-28/h5,7,21-23,31H,1,3,6,8-20H2,2,4H3/t21-,22+,23?,27-,28?/m0/s1. The molecule has 3 aliphatic rings. The number of aliphatic hydroxyl groups excluding tert-OH is 1. The van der Waals surface area contributed by atoms with E-state index in [-0.39, 0.29) is 31.6 Å². The van der Waals surface area contributed by atoms with E-state index in [4.69, 9.17) is 9.47 Å². The number of carbonyl (C=O) groups excluding carboxylic acids is 3. The summed E-state index contributed by atoms with van der Waals surface area (Å²) in [6.07, 6.45) is 9.85. The number of fused-ring (bicyclic) bond motifs is 1. The normalized spacial score (nSPS) is 30.4. The lowest BCUT2D eigenvalue weighted by atomic mass is 9.65. The van der Waals surface area contributed by atoms with Crippen molar-refractivity contribution >= 4 is 17.8 Å². The van der Waals surface area contributed by atoms with Gasteiger partial charge in [0, 0.05) is 26.2 Å². The van der Waals surface area contributed by atoms with E-state index in [1.807, 2.05) is 13.0 Å². The number of likely N-dealkylation sites (tertiary alicyclic amines) is 1. The molecule has 2 unspecified atom stereocenters. The lowest BCUT2D eigenvalue weighted by molar-refractivity contribution is -0.162. The fourth-order valence-electron chi connectivity index (χ4n) is 6.46. The Morgan fingerprint density at radius 1 is 1.19 bits per heavy atom. The molecule has 1 N–H and O–H groups in total. The highest BCUT2D eigenvalue weighted by Gasteiger charge is 2.79. The zero-order chi connectivity index (χ0) is 26.3. The molecule has 202 valence electrons. The first-order chi connectivity index (χ1) is 17.4. The Morgan fingerprint density at radius 3 is 2.61 bits per heavy atom. The second-order valence-corrected chi connectivity index (χ2v) is 10.3. The van der Waals surface area contributed by atoms with Crippen molar-refractivity contribution < 1.29 is 29.0 Å². The monoisotopic (exact) mass is 504 g/mol. The molecule has 0 aromatic carbocycles. The van der Waals surface area contributed by atoms with Crippen molar-refractivity contribution in [1.29, 1.82) is 0 Å². The Labute approximate surface area is 215 Å². The number of rotatable bonds is 16. The number of allylic oxidation sites excluding steroid dienone is 1. The molecule has 36 heavy (non-hydrogen) atoms. The molecule has 8 nitrogen and oxygen atoms in total. The smallest absolute Gasteiger partial charge is 0.312 e. The minimum Gasteiger partial charge on any atom is -0.465 e. The summed E-state index contributed by atoms with van der Waals surface area (Å²) < 4.78 is 12.4. The van der Waals surface area contributed by atoms with Gasteiger partial charge >= 0.3 is 5.97 Å². The second kappa shape index (κ2) is 12.4. The van der Waals surface area contributed by atoms with E-state index in [0.29, 0.717) is 38.8 Å². The first-order valence-electron chi connectivity index (χ1n) is 13.7. The molecule has 0 aromatic heterocycles. The van der Waals surface area contributed by atoms with Crippen molar-refractivity contribution in [1.82, 2.24) is 9.80 Å². The predicted octanol–water partition coefficient (Wildman–Crippen LogP) is 3.24. The Hall–Kier alpha value is -2.19. The maximum Gasteiger partial charge on any atom is 0.312 e. The highest BCUT2D eigenvalue weighted by Crippen LogP contribution is 2.64. The molecule has 0 saturated carbocycles. The Morgan fingerprint density at radius 2 is 1.97 bits per heavy atom. The molecule has 0 radical (unpaired) electrons. The molecular weight excluding hydrogens is 460 g/mol. The van der Waals surface area contributed by atoms with Gasteiger partial charge < -0.3 is 24.4 Å². The third kappa shape index (κ3) is 4.99. The Balaban J connectivity index is 1.94. The lowest BCUT2D eigenvalue weighted by Crippen LogP contribution is -2.56. The highest BCUT2D eigenvalue weighted by molar-refractivity contribution is 5.98. The average Bonchev–Trinajstić information content (AvgIpc) is 3.48. The van der Waals surface area contributed by atoms with E-state index in [2.05, 4.69) is 20.1 Å². The summed E-state index contributed by atoms with van der Waals surface area (Å²) in [4.78, 5) is 44.7. The molecule has 2 bridgehead atoms. The van der Waals surface area contributed by atoms with Crippen LogP contribution < -0.4 is 0 Å². The van der Waals surface area contributed by atoms with E-state index < -0.39 is 35.0 Å². The zero-order valence-corrected chi connectivity index (χ0v) is 22.1. The molecule has 3 aliphatic heterocycles. The van der Waals surface area contributed by atoms with Crippen molar-refractivity contribution in [3.05, 3.63) is 25.3 Å². The molecule has 3 saturated heterocycles. The third-order valence-electron chi connectivity index (χ3n) is 8.22. The van der Waals surface area contributed by atoms with Crippen LogP contribution in [0.5, 0.6) is 0 Å². The SMILES string of the molecule is C=CCCCCOC(=O)[C@H]1[C@H]2C(=O)N(CCCO)C(C(=O)N(CC=C)CCCC)C23CC[C@]1(CC)O3. The van der Waals surface area contributed by atoms with Gasteiger partial charge in [-0.15, -0.1) is 13.2 Å². The molecule has 8 heteroatoms. The quantitative estimate of drug-likeness (QED) is 0.197. The molecule has 0 aliphatic carbocycles. The number of unbranched alkanes of at least 4 members (excludes halogenated alkanes) is 3. The van der Waals surface area contributed by atoms with Crippen molar-refractivity contribution in [3.8, 4) is 0 Å². The summed E-state index contributed by atoms with van der Waals surface area (Å²) in [5, 5.41) is 9.50. The van der Waals surface area contributed by atoms with Gasteiger partial charge in [-0.1, -0.05) is 32.4 Å². The van der Waals surface area contributed by atoms with Crippen LogP contribution in [0.25, 0.3) is 0 Å². The van der Waals surface area contributed by atoms with Crippen LogP contribution in [-0.4, -0.2) is 82.8 Å². The van der Waals surface area contributed by atoms with Gasteiger partial charge in [0.05, 0.1) is 18.1 Å². The van der Waals surface area contributed by atoms with Gasteiger partial charge in [0.15, 0.2) is 0 Å². The van der Waals surface area contributed by atoms with Crippen LogP contribution in [0.2, 0.25) is 0 Å². The molecule has 5 atom stereocenters. The van der Waals surface area contributed by atoms with Crippen molar-refractivity contribution in [2.75, 3.05) is 32.8 Å². The molecule has 2 amide bonds. The minimum atomic E-state index is -1.06. The number of hydrogen-bond donors (Lipinski definition) is 1. The van der Waals surface area contributed by atoms with Crippen LogP contribution in [0, 0.1) is 11.8 Å². The van der Waals surface area contributed by atoms with Crippen LogP contribution in [0.15, 0.2) is 25.3 Å². The number of esters is 1. The maximum absolute atomic E-state index is 14.0. The largest absolute Gasteiger partial charge is 0.465 e. The molecular formula is C28H44N2O6. The Kier molecular flexibility index (Phi) is 9.75. The lowest BCUT2D eigenvalue weighted by Gasteiger charge is -2.37. The molecule has 3 fully saturated rings. The van der Waals surface area contributed by atoms with Crippen molar-refractivity contribution in [2.24, 2.45) is 11.8 Å². The van der Waals surface area contributed by atoms with Gasteiger partial charge in [0.1, 0.15) is 17.6 Å². The molecule has 3 rings (SSSR count). The zero-order valence-electron chi connectivity index (χ0n) is 22.1. The van der Waals surface area contributed by atoms with Gasteiger partial charge in [-0.05, 0) is 51.4 Å². The number of hydrogen-bond acceptors (Lipinski definition) is 6. The van der Waals surface area contributed by atoms with Gasteiger partial charge in [-0.25, -0.2) is 0 Å². The minimum absolute atomic E-state index is 0.0928.